The Labute approximate surface area is 68.1 Å². The van der Waals surface area contributed by atoms with E-state index in [1.165, 1.54) is 6.92 Å². The second kappa shape index (κ2) is 3.34. The van der Waals surface area contributed by atoms with Gasteiger partial charge >= 0.3 is 11.9 Å². The van der Waals surface area contributed by atoms with Gasteiger partial charge in [0.25, 0.3) is 0 Å². The zero-order valence-corrected chi connectivity index (χ0v) is 7.07. The highest BCUT2D eigenvalue weighted by atomic mass is 32.2. The summed E-state index contributed by atoms with van der Waals surface area (Å²) < 4.78 is 45.7. The zero-order chi connectivity index (χ0) is 9.99. The largest absolute Gasteiger partial charge is 0.477 e. The Hall–Kier alpha value is -0.720. The lowest BCUT2D eigenvalue weighted by molar-refractivity contribution is -0.161. The highest BCUT2D eigenvalue weighted by Gasteiger charge is 2.42. The molecule has 0 saturated carbocycles. The number of carboxylic acid groups (broad SMARTS) is 1. The van der Waals surface area contributed by atoms with E-state index in [1.807, 2.05) is 0 Å². The summed E-state index contributed by atoms with van der Waals surface area (Å²) in [5, 5.41) is 7.89. The maximum Gasteiger partial charge on any atom is 0.375 e. The summed E-state index contributed by atoms with van der Waals surface area (Å²) in [4.78, 5) is 9.80. The molecule has 0 rings (SSSR count). The first kappa shape index (κ1) is 11.3. The maximum atomic E-state index is 12.3. The first-order valence-corrected chi connectivity index (χ1v) is 4.85. The molecular weight excluding hydrogens is 194 g/mol. The summed E-state index contributed by atoms with van der Waals surface area (Å²) >= 11 is 0. The van der Waals surface area contributed by atoms with Crippen LogP contribution in [0.3, 0.4) is 0 Å². The van der Waals surface area contributed by atoms with Crippen LogP contribution in [-0.2, 0) is 14.6 Å². The minimum absolute atomic E-state index is 0.490. The van der Waals surface area contributed by atoms with Crippen molar-refractivity contribution in [1.82, 2.24) is 0 Å². The summed E-state index contributed by atoms with van der Waals surface area (Å²) in [6, 6.07) is 0. The molecule has 12 heavy (non-hydrogen) atoms. The van der Waals surface area contributed by atoms with Crippen molar-refractivity contribution in [2.24, 2.45) is 0 Å². The molecule has 0 aliphatic heterocycles. The van der Waals surface area contributed by atoms with Gasteiger partial charge in [0.2, 0.25) is 0 Å². The van der Waals surface area contributed by atoms with Gasteiger partial charge in [-0.3, -0.25) is 0 Å². The van der Waals surface area contributed by atoms with E-state index in [-0.39, 0.29) is 0 Å². The number of hydrogen-bond acceptors (Lipinski definition) is 3. The molecule has 0 fully saturated rings. The molecule has 72 valence electrons. The van der Waals surface area contributed by atoms with Crippen LogP contribution in [-0.4, -0.2) is 36.9 Å². The molecule has 0 amide bonds. The fourth-order valence-corrected chi connectivity index (χ4v) is 1.32. The van der Waals surface area contributed by atoms with E-state index in [0.29, 0.717) is 0 Å². The number of carbonyl (C=O) groups is 1. The molecule has 0 radical (unpaired) electrons. The summed E-state index contributed by atoms with van der Waals surface area (Å²) in [7, 11) is -3.95. The summed E-state index contributed by atoms with van der Waals surface area (Å²) in [6.45, 7) is 1.17. The van der Waals surface area contributed by atoms with Gasteiger partial charge in [0.15, 0.2) is 9.84 Å². The van der Waals surface area contributed by atoms with Gasteiger partial charge in [-0.2, -0.15) is 8.78 Å². The van der Waals surface area contributed by atoms with Crippen LogP contribution in [0.25, 0.3) is 0 Å². The van der Waals surface area contributed by atoms with Gasteiger partial charge in [0.05, 0.1) is 0 Å². The van der Waals surface area contributed by atoms with E-state index in [2.05, 4.69) is 0 Å². The number of sulfone groups is 1. The molecular formula is C5H8F2O4S. The molecule has 0 aromatic heterocycles. The Morgan fingerprint density at radius 2 is 1.92 bits per heavy atom. The summed E-state index contributed by atoms with van der Waals surface area (Å²) in [5.74, 6) is -8.73. The number of halogens is 2. The van der Waals surface area contributed by atoms with E-state index < -0.39 is 33.2 Å². The molecule has 4 nitrogen and oxygen atoms in total. The van der Waals surface area contributed by atoms with Crippen molar-refractivity contribution >= 4 is 15.8 Å². The second-order valence-corrected chi connectivity index (χ2v) is 4.54. The average Bonchev–Trinajstić information content (AvgIpc) is 1.85. The Balaban J connectivity index is 4.57. The predicted octanol–water partition coefficient (Wildman–Crippen LogP) is 0.141. The number of hydrogen-bond donors (Lipinski definition) is 1. The Kier molecular flexibility index (Phi) is 3.14. The molecule has 0 spiro atoms. The van der Waals surface area contributed by atoms with Gasteiger partial charge in [-0.25, -0.2) is 13.2 Å². The van der Waals surface area contributed by atoms with Crippen LogP contribution < -0.4 is 0 Å². The van der Waals surface area contributed by atoms with E-state index in [4.69, 9.17) is 5.11 Å². The van der Waals surface area contributed by atoms with E-state index in [1.54, 1.807) is 0 Å². The summed E-state index contributed by atoms with van der Waals surface area (Å²) in [5.41, 5.74) is 0. The van der Waals surface area contributed by atoms with Crippen molar-refractivity contribution < 1.29 is 27.1 Å². The van der Waals surface area contributed by atoms with Crippen LogP contribution >= 0.6 is 0 Å². The van der Waals surface area contributed by atoms with Crippen molar-refractivity contribution in [3.05, 3.63) is 0 Å². The molecule has 0 heterocycles. The van der Waals surface area contributed by atoms with Gasteiger partial charge in [-0.1, -0.05) is 6.92 Å². The second-order valence-electron chi connectivity index (χ2n) is 2.19. The fourth-order valence-electron chi connectivity index (χ4n) is 0.440. The first-order chi connectivity index (χ1) is 5.21. The lowest BCUT2D eigenvalue weighted by Gasteiger charge is -2.09. The van der Waals surface area contributed by atoms with Gasteiger partial charge in [-0.05, 0) is 0 Å². The third-order valence-electron chi connectivity index (χ3n) is 1.15. The highest BCUT2D eigenvalue weighted by molar-refractivity contribution is 7.91. The van der Waals surface area contributed by atoms with Gasteiger partial charge < -0.3 is 5.11 Å². The molecule has 0 aromatic rings. The molecule has 1 N–H and O–H groups in total. The standard InChI is InChI=1S/C5H8F2O4S/c1-2-12(10,11)3-5(6,7)4(8)9/h2-3H2,1H3,(H,8,9). The zero-order valence-electron chi connectivity index (χ0n) is 6.25. The molecule has 0 saturated heterocycles. The smallest absolute Gasteiger partial charge is 0.375 e. The molecule has 0 aromatic carbocycles. The van der Waals surface area contributed by atoms with E-state index >= 15 is 0 Å². The average molecular weight is 202 g/mol. The number of aliphatic carboxylic acids is 1. The predicted molar refractivity (Wildman–Crippen MR) is 36.9 cm³/mol. The van der Waals surface area contributed by atoms with Crippen LogP contribution in [0.4, 0.5) is 8.78 Å². The van der Waals surface area contributed by atoms with Crippen LogP contribution in [0.15, 0.2) is 0 Å². The Morgan fingerprint density at radius 3 is 2.17 bits per heavy atom. The third-order valence-corrected chi connectivity index (χ3v) is 2.84. The lowest BCUT2D eigenvalue weighted by atomic mass is 10.4. The van der Waals surface area contributed by atoms with Gasteiger partial charge in [0.1, 0.15) is 5.75 Å². The Morgan fingerprint density at radius 1 is 1.50 bits per heavy atom. The van der Waals surface area contributed by atoms with Gasteiger partial charge in [-0.15, -0.1) is 0 Å². The quantitative estimate of drug-likeness (QED) is 0.703. The molecule has 0 aliphatic rings. The molecule has 0 atom stereocenters. The molecule has 0 unspecified atom stereocenters. The van der Waals surface area contributed by atoms with Crippen LogP contribution in [0.1, 0.15) is 6.92 Å². The normalized spacial score (nSPS) is 12.9. The molecule has 0 bridgehead atoms. The molecule has 0 aliphatic carbocycles. The monoisotopic (exact) mass is 202 g/mol. The number of rotatable bonds is 4. The van der Waals surface area contributed by atoms with Gasteiger partial charge in [0, 0.05) is 5.75 Å². The minimum atomic E-state index is -4.19. The lowest BCUT2D eigenvalue weighted by Crippen LogP contribution is -2.36. The van der Waals surface area contributed by atoms with Crippen LogP contribution in [0.5, 0.6) is 0 Å². The highest BCUT2D eigenvalue weighted by Crippen LogP contribution is 2.16. The number of carboxylic acids is 1. The number of alkyl halides is 2. The minimum Gasteiger partial charge on any atom is -0.477 e. The third kappa shape index (κ3) is 3.12. The van der Waals surface area contributed by atoms with E-state index in [0.717, 1.165) is 0 Å². The van der Waals surface area contributed by atoms with E-state index in [9.17, 15) is 22.0 Å². The van der Waals surface area contributed by atoms with Crippen molar-refractivity contribution in [1.29, 1.82) is 0 Å². The van der Waals surface area contributed by atoms with Crippen molar-refractivity contribution in [3.8, 4) is 0 Å². The van der Waals surface area contributed by atoms with Crippen molar-refractivity contribution in [2.75, 3.05) is 11.5 Å². The van der Waals surface area contributed by atoms with Crippen LogP contribution in [0, 0.1) is 0 Å². The fraction of sp³-hybridized carbons (Fsp3) is 0.800. The van der Waals surface area contributed by atoms with Crippen molar-refractivity contribution in [2.45, 2.75) is 12.8 Å². The summed E-state index contributed by atoms with van der Waals surface area (Å²) in [6.07, 6.45) is 0. The molecule has 7 heteroatoms. The maximum absolute atomic E-state index is 12.3. The Bertz CT molecular complexity index is 269. The topological polar surface area (TPSA) is 71.4 Å². The first-order valence-electron chi connectivity index (χ1n) is 3.03. The van der Waals surface area contributed by atoms with Crippen molar-refractivity contribution in [3.63, 3.8) is 0 Å². The SMILES string of the molecule is CCS(=O)(=O)CC(F)(F)C(=O)O. The van der Waals surface area contributed by atoms with Crippen LogP contribution in [0.2, 0.25) is 0 Å².